The van der Waals surface area contributed by atoms with Gasteiger partial charge in [0.2, 0.25) is 0 Å². The van der Waals surface area contributed by atoms with Gasteiger partial charge in [-0.25, -0.2) is 4.39 Å². The molecule has 2 N–H and O–H groups in total. The molecule has 140 valence electrons. The first-order valence-corrected chi connectivity index (χ1v) is 9.28. The van der Waals surface area contributed by atoms with E-state index in [9.17, 15) is 9.50 Å². The summed E-state index contributed by atoms with van der Waals surface area (Å²) in [6.45, 7) is 4.49. The van der Waals surface area contributed by atoms with E-state index in [1.54, 1.807) is 12.1 Å². The van der Waals surface area contributed by atoms with E-state index >= 15 is 0 Å². The second-order valence-electron chi connectivity index (χ2n) is 6.79. The van der Waals surface area contributed by atoms with Gasteiger partial charge >= 0.3 is 0 Å². The molecular formula is C21H27FN2O2. The molecule has 0 spiro atoms. The quantitative estimate of drug-likeness (QED) is 0.709. The standard InChI is InChI=1S/C21H27FN2O2/c22-19-5-7-20(8-6-19)26-14-11-23-21-4-2-1-3-18(21)15-24-12-9-17(16-25)10-13-24/h1-8,17,23,25H,9-16H2. The number of nitrogens with zero attached hydrogens (tertiary/aromatic N) is 1. The fourth-order valence-electron chi connectivity index (χ4n) is 3.28. The highest BCUT2D eigenvalue weighted by Crippen LogP contribution is 2.22. The molecule has 1 fully saturated rings. The number of aliphatic hydroxyl groups is 1. The Kier molecular flexibility index (Phi) is 6.86. The zero-order chi connectivity index (χ0) is 18.2. The van der Waals surface area contributed by atoms with Gasteiger partial charge in [0.25, 0.3) is 0 Å². The van der Waals surface area contributed by atoms with Crippen molar-refractivity contribution in [3.05, 3.63) is 59.9 Å². The van der Waals surface area contributed by atoms with Gasteiger partial charge in [-0.1, -0.05) is 18.2 Å². The Hall–Kier alpha value is -2.11. The number of halogens is 1. The van der Waals surface area contributed by atoms with E-state index in [1.807, 2.05) is 6.07 Å². The molecule has 0 aliphatic carbocycles. The van der Waals surface area contributed by atoms with E-state index in [4.69, 9.17) is 4.74 Å². The summed E-state index contributed by atoms with van der Waals surface area (Å²) >= 11 is 0. The highest BCUT2D eigenvalue weighted by Gasteiger charge is 2.19. The van der Waals surface area contributed by atoms with Crippen molar-refractivity contribution in [2.24, 2.45) is 5.92 Å². The van der Waals surface area contributed by atoms with Gasteiger partial charge in [-0.05, 0) is 67.7 Å². The van der Waals surface area contributed by atoms with Crippen LogP contribution in [0.25, 0.3) is 0 Å². The van der Waals surface area contributed by atoms with Crippen molar-refractivity contribution in [3.8, 4) is 5.75 Å². The molecule has 4 nitrogen and oxygen atoms in total. The zero-order valence-electron chi connectivity index (χ0n) is 15.0. The minimum absolute atomic E-state index is 0.257. The summed E-state index contributed by atoms with van der Waals surface area (Å²) in [5, 5.41) is 12.7. The maximum atomic E-state index is 12.9. The molecule has 0 atom stereocenters. The van der Waals surface area contributed by atoms with Gasteiger partial charge < -0.3 is 15.2 Å². The van der Waals surface area contributed by atoms with Crippen molar-refractivity contribution < 1.29 is 14.2 Å². The van der Waals surface area contributed by atoms with Gasteiger partial charge in [0.15, 0.2) is 0 Å². The number of rotatable bonds is 8. The molecule has 0 radical (unpaired) electrons. The monoisotopic (exact) mass is 358 g/mol. The Labute approximate surface area is 154 Å². The molecule has 26 heavy (non-hydrogen) atoms. The first-order valence-electron chi connectivity index (χ1n) is 9.28. The number of likely N-dealkylation sites (tertiary alicyclic amines) is 1. The van der Waals surface area contributed by atoms with Crippen LogP contribution in [0.5, 0.6) is 5.75 Å². The molecule has 1 aliphatic heterocycles. The van der Waals surface area contributed by atoms with E-state index in [2.05, 4.69) is 28.4 Å². The van der Waals surface area contributed by atoms with Crippen LogP contribution in [-0.4, -0.2) is 42.9 Å². The minimum atomic E-state index is -0.257. The fourth-order valence-corrected chi connectivity index (χ4v) is 3.28. The lowest BCUT2D eigenvalue weighted by Crippen LogP contribution is -2.34. The van der Waals surface area contributed by atoms with Crippen LogP contribution >= 0.6 is 0 Å². The molecule has 1 heterocycles. The Morgan fingerprint density at radius 3 is 2.54 bits per heavy atom. The molecule has 2 aromatic carbocycles. The zero-order valence-corrected chi connectivity index (χ0v) is 15.0. The Balaban J connectivity index is 1.47. The van der Waals surface area contributed by atoms with E-state index in [0.717, 1.165) is 38.2 Å². The summed E-state index contributed by atoms with van der Waals surface area (Å²) in [6.07, 6.45) is 2.13. The van der Waals surface area contributed by atoms with Crippen molar-refractivity contribution in [2.75, 3.05) is 38.2 Å². The smallest absolute Gasteiger partial charge is 0.123 e. The van der Waals surface area contributed by atoms with Gasteiger partial charge in [-0.3, -0.25) is 4.90 Å². The lowest BCUT2D eigenvalue weighted by Gasteiger charge is -2.31. The van der Waals surface area contributed by atoms with Crippen LogP contribution in [0.3, 0.4) is 0 Å². The number of nitrogens with one attached hydrogen (secondary N) is 1. The van der Waals surface area contributed by atoms with Crippen LogP contribution < -0.4 is 10.1 Å². The summed E-state index contributed by atoms with van der Waals surface area (Å²) in [5.74, 6) is 0.879. The van der Waals surface area contributed by atoms with E-state index in [-0.39, 0.29) is 5.82 Å². The molecule has 0 bridgehead atoms. The first-order chi connectivity index (χ1) is 12.7. The third-order valence-electron chi connectivity index (χ3n) is 4.88. The average molecular weight is 358 g/mol. The summed E-state index contributed by atoms with van der Waals surface area (Å²) in [7, 11) is 0. The van der Waals surface area contributed by atoms with Gasteiger partial charge in [0, 0.05) is 25.4 Å². The molecule has 0 unspecified atom stereocenters. The second kappa shape index (κ2) is 9.55. The lowest BCUT2D eigenvalue weighted by molar-refractivity contribution is 0.127. The molecule has 1 saturated heterocycles. The second-order valence-corrected chi connectivity index (χ2v) is 6.79. The lowest BCUT2D eigenvalue weighted by atomic mass is 9.97. The molecule has 1 aliphatic rings. The molecule has 3 rings (SSSR count). The van der Waals surface area contributed by atoms with E-state index < -0.39 is 0 Å². The maximum Gasteiger partial charge on any atom is 0.123 e. The van der Waals surface area contributed by atoms with Crippen molar-refractivity contribution in [2.45, 2.75) is 19.4 Å². The Morgan fingerprint density at radius 2 is 1.81 bits per heavy atom. The summed E-state index contributed by atoms with van der Waals surface area (Å²) < 4.78 is 18.5. The van der Waals surface area contributed by atoms with Crippen LogP contribution in [0.4, 0.5) is 10.1 Å². The number of benzene rings is 2. The summed E-state index contributed by atoms with van der Waals surface area (Å²) in [4.78, 5) is 2.45. The number of hydrogen-bond donors (Lipinski definition) is 2. The summed E-state index contributed by atoms with van der Waals surface area (Å²) in [5.41, 5.74) is 2.40. The normalized spacial score (nSPS) is 15.8. The number of piperidine rings is 1. The van der Waals surface area contributed by atoms with Crippen LogP contribution in [-0.2, 0) is 6.54 Å². The van der Waals surface area contributed by atoms with Gasteiger partial charge in [0.05, 0.1) is 0 Å². The molecular weight excluding hydrogens is 331 g/mol. The Bertz CT molecular complexity index is 670. The van der Waals surface area contributed by atoms with Crippen molar-refractivity contribution in [1.29, 1.82) is 0 Å². The number of anilines is 1. The molecule has 5 heteroatoms. The van der Waals surface area contributed by atoms with Crippen LogP contribution in [0.2, 0.25) is 0 Å². The van der Waals surface area contributed by atoms with Crippen molar-refractivity contribution in [3.63, 3.8) is 0 Å². The van der Waals surface area contributed by atoms with Crippen LogP contribution in [0.1, 0.15) is 18.4 Å². The maximum absolute atomic E-state index is 12.9. The van der Waals surface area contributed by atoms with Crippen LogP contribution in [0, 0.1) is 11.7 Å². The third-order valence-corrected chi connectivity index (χ3v) is 4.88. The highest BCUT2D eigenvalue weighted by molar-refractivity contribution is 5.51. The SMILES string of the molecule is OCC1CCN(Cc2ccccc2NCCOc2ccc(F)cc2)CC1. The molecule has 0 saturated carbocycles. The predicted molar refractivity (Wildman–Crippen MR) is 102 cm³/mol. The Morgan fingerprint density at radius 1 is 1.08 bits per heavy atom. The molecule has 0 amide bonds. The van der Waals surface area contributed by atoms with E-state index in [1.165, 1.54) is 17.7 Å². The average Bonchev–Trinajstić information content (AvgIpc) is 2.68. The minimum Gasteiger partial charge on any atom is -0.492 e. The number of para-hydroxylation sites is 1. The highest BCUT2D eigenvalue weighted by atomic mass is 19.1. The predicted octanol–water partition coefficient (Wildman–Crippen LogP) is 3.52. The van der Waals surface area contributed by atoms with Crippen molar-refractivity contribution in [1.82, 2.24) is 4.90 Å². The molecule has 0 aromatic heterocycles. The fraction of sp³-hybridized carbons (Fsp3) is 0.429. The number of ether oxygens (including phenoxy) is 1. The topological polar surface area (TPSA) is 44.7 Å². The molecule has 2 aromatic rings. The van der Waals surface area contributed by atoms with Gasteiger partial charge in [-0.2, -0.15) is 0 Å². The first kappa shape index (κ1) is 18.7. The summed E-state index contributed by atoms with van der Waals surface area (Å²) in [6, 6.07) is 14.4. The largest absolute Gasteiger partial charge is 0.492 e. The number of aliphatic hydroxyl groups excluding tert-OH is 1. The van der Waals surface area contributed by atoms with Gasteiger partial charge in [0.1, 0.15) is 18.2 Å². The van der Waals surface area contributed by atoms with E-state index in [0.29, 0.717) is 31.4 Å². The van der Waals surface area contributed by atoms with Crippen molar-refractivity contribution >= 4 is 5.69 Å². The number of hydrogen-bond acceptors (Lipinski definition) is 4. The van der Waals surface area contributed by atoms with Crippen LogP contribution in [0.15, 0.2) is 48.5 Å². The van der Waals surface area contributed by atoms with Gasteiger partial charge in [-0.15, -0.1) is 0 Å². The third kappa shape index (κ3) is 5.44.